The van der Waals surface area contributed by atoms with E-state index in [2.05, 4.69) is 5.92 Å². The van der Waals surface area contributed by atoms with Gasteiger partial charge in [0.25, 0.3) is 0 Å². The maximum absolute atomic E-state index is 11.9. The molecular weight excluding hydrogens is 208 g/mol. The number of likely N-dealkylation sites (N-methyl/N-ethyl adjacent to an activating group) is 1. The zero-order valence-electron chi connectivity index (χ0n) is 10.1. The standard InChI is InChI=1S/C11H18N2O3/c1-6-8-13(7-2)10(16)12(5)11(3,4)9(14)15/h1H,7-8H2,2-5H3,(H,14,15). The van der Waals surface area contributed by atoms with Gasteiger partial charge in [0.15, 0.2) is 0 Å². The number of rotatable bonds is 4. The van der Waals surface area contributed by atoms with Crippen molar-refractivity contribution < 1.29 is 14.7 Å². The second-order valence-corrected chi connectivity index (χ2v) is 3.92. The first-order valence-corrected chi connectivity index (χ1v) is 4.98. The molecule has 0 aliphatic carbocycles. The lowest BCUT2D eigenvalue weighted by atomic mass is 10.0. The topological polar surface area (TPSA) is 60.9 Å². The van der Waals surface area contributed by atoms with Gasteiger partial charge in [-0.1, -0.05) is 5.92 Å². The molecule has 16 heavy (non-hydrogen) atoms. The van der Waals surface area contributed by atoms with Crippen molar-refractivity contribution in [3.05, 3.63) is 0 Å². The summed E-state index contributed by atoms with van der Waals surface area (Å²) in [6.07, 6.45) is 5.13. The number of carboxylic acid groups (broad SMARTS) is 1. The monoisotopic (exact) mass is 226 g/mol. The van der Waals surface area contributed by atoms with Gasteiger partial charge < -0.3 is 14.9 Å². The number of nitrogens with zero attached hydrogens (tertiary/aromatic N) is 2. The van der Waals surface area contributed by atoms with Crippen molar-refractivity contribution in [2.24, 2.45) is 0 Å². The first-order valence-electron chi connectivity index (χ1n) is 4.98. The minimum absolute atomic E-state index is 0.176. The number of hydrogen-bond donors (Lipinski definition) is 1. The predicted octanol–water partition coefficient (Wildman–Crippen LogP) is 0.856. The van der Waals surface area contributed by atoms with E-state index in [1.54, 1.807) is 6.92 Å². The van der Waals surface area contributed by atoms with Crippen LogP contribution in [0.4, 0.5) is 4.79 Å². The molecule has 0 rings (SSSR count). The summed E-state index contributed by atoms with van der Waals surface area (Å²) in [5, 5.41) is 8.99. The highest BCUT2D eigenvalue weighted by Crippen LogP contribution is 2.14. The molecule has 0 unspecified atom stereocenters. The van der Waals surface area contributed by atoms with Gasteiger partial charge in [-0.05, 0) is 20.8 Å². The number of aliphatic carboxylic acids is 1. The highest BCUT2D eigenvalue weighted by molar-refractivity contribution is 5.85. The lowest BCUT2D eigenvalue weighted by molar-refractivity contribution is -0.147. The van der Waals surface area contributed by atoms with Crippen LogP contribution in [0.1, 0.15) is 20.8 Å². The Bertz CT molecular complexity index is 318. The first-order chi connectivity index (χ1) is 7.28. The maximum atomic E-state index is 11.9. The van der Waals surface area contributed by atoms with Crippen LogP contribution in [-0.2, 0) is 4.79 Å². The smallest absolute Gasteiger partial charge is 0.329 e. The van der Waals surface area contributed by atoms with Crippen LogP contribution in [0.5, 0.6) is 0 Å². The number of terminal acetylenes is 1. The van der Waals surface area contributed by atoms with Gasteiger partial charge in [-0.2, -0.15) is 0 Å². The normalized spacial score (nSPS) is 10.4. The molecule has 0 atom stereocenters. The van der Waals surface area contributed by atoms with Gasteiger partial charge in [0.1, 0.15) is 5.54 Å². The molecule has 0 fully saturated rings. The summed E-state index contributed by atoms with van der Waals surface area (Å²) in [6, 6.07) is -0.382. The Morgan fingerprint density at radius 1 is 1.44 bits per heavy atom. The van der Waals surface area contributed by atoms with Crippen molar-refractivity contribution in [2.45, 2.75) is 26.3 Å². The SMILES string of the molecule is C#CCN(CC)C(=O)N(C)C(C)(C)C(=O)O. The third-order valence-electron chi connectivity index (χ3n) is 2.58. The van der Waals surface area contributed by atoms with Crippen LogP contribution >= 0.6 is 0 Å². The Labute approximate surface area is 96.0 Å². The van der Waals surface area contributed by atoms with E-state index in [0.29, 0.717) is 6.54 Å². The van der Waals surface area contributed by atoms with Crippen molar-refractivity contribution in [1.82, 2.24) is 9.80 Å². The first kappa shape index (κ1) is 14.3. The largest absolute Gasteiger partial charge is 0.480 e. The Hall–Kier alpha value is -1.70. The zero-order chi connectivity index (χ0) is 12.9. The van der Waals surface area contributed by atoms with Crippen LogP contribution in [0.15, 0.2) is 0 Å². The summed E-state index contributed by atoms with van der Waals surface area (Å²) in [6.45, 7) is 5.35. The van der Waals surface area contributed by atoms with Crippen molar-refractivity contribution in [2.75, 3.05) is 20.1 Å². The Kier molecular flexibility index (Phi) is 4.83. The Morgan fingerprint density at radius 2 is 1.94 bits per heavy atom. The number of carboxylic acids is 1. The molecule has 0 aromatic heterocycles. The molecule has 0 saturated heterocycles. The van der Waals surface area contributed by atoms with Gasteiger partial charge in [0.2, 0.25) is 0 Å². The van der Waals surface area contributed by atoms with Gasteiger partial charge in [0.05, 0.1) is 6.54 Å². The van der Waals surface area contributed by atoms with Crippen molar-refractivity contribution in [1.29, 1.82) is 0 Å². The van der Waals surface area contributed by atoms with Crippen molar-refractivity contribution in [3.8, 4) is 12.3 Å². The van der Waals surface area contributed by atoms with E-state index in [9.17, 15) is 9.59 Å². The molecular formula is C11H18N2O3. The minimum Gasteiger partial charge on any atom is -0.480 e. The fourth-order valence-electron chi connectivity index (χ4n) is 1.02. The summed E-state index contributed by atoms with van der Waals surface area (Å²) in [4.78, 5) is 25.5. The van der Waals surface area contributed by atoms with Gasteiger partial charge in [-0.25, -0.2) is 9.59 Å². The number of carbonyl (C=O) groups excluding carboxylic acids is 1. The van der Waals surface area contributed by atoms with Crippen LogP contribution in [0.2, 0.25) is 0 Å². The molecule has 0 saturated carbocycles. The van der Waals surface area contributed by atoms with E-state index in [0.717, 1.165) is 0 Å². The summed E-state index contributed by atoms with van der Waals surface area (Å²) in [5.41, 5.74) is -1.25. The summed E-state index contributed by atoms with van der Waals surface area (Å²) in [5.74, 6) is 1.31. The Balaban J connectivity index is 4.86. The van der Waals surface area contributed by atoms with Crippen LogP contribution < -0.4 is 0 Å². The lowest BCUT2D eigenvalue weighted by Gasteiger charge is -2.35. The second-order valence-electron chi connectivity index (χ2n) is 3.92. The third kappa shape index (κ3) is 2.89. The average molecular weight is 226 g/mol. The highest BCUT2D eigenvalue weighted by atomic mass is 16.4. The Morgan fingerprint density at radius 3 is 2.25 bits per heavy atom. The molecule has 5 heteroatoms. The summed E-state index contributed by atoms with van der Waals surface area (Å²) < 4.78 is 0. The van der Waals surface area contributed by atoms with Crippen molar-refractivity contribution >= 4 is 12.0 Å². The molecule has 5 nitrogen and oxygen atoms in total. The molecule has 90 valence electrons. The summed E-state index contributed by atoms with van der Waals surface area (Å²) in [7, 11) is 1.45. The van der Waals surface area contributed by atoms with E-state index < -0.39 is 11.5 Å². The molecule has 0 bridgehead atoms. The predicted molar refractivity (Wildman–Crippen MR) is 61.0 cm³/mol. The van der Waals surface area contributed by atoms with Gasteiger partial charge in [-0.3, -0.25) is 0 Å². The van der Waals surface area contributed by atoms with E-state index in [1.165, 1.54) is 30.7 Å². The fraction of sp³-hybridized carbons (Fsp3) is 0.636. The molecule has 1 N–H and O–H groups in total. The molecule has 0 aromatic carbocycles. The molecule has 0 aromatic rings. The molecule has 0 aliphatic rings. The van der Waals surface area contributed by atoms with E-state index >= 15 is 0 Å². The number of urea groups is 1. The van der Waals surface area contributed by atoms with Gasteiger partial charge in [0, 0.05) is 13.6 Å². The van der Waals surface area contributed by atoms with Crippen LogP contribution in [0, 0.1) is 12.3 Å². The van der Waals surface area contributed by atoms with Crippen LogP contribution in [0.25, 0.3) is 0 Å². The third-order valence-corrected chi connectivity index (χ3v) is 2.58. The van der Waals surface area contributed by atoms with Gasteiger partial charge in [-0.15, -0.1) is 6.42 Å². The highest BCUT2D eigenvalue weighted by Gasteiger charge is 2.36. The quantitative estimate of drug-likeness (QED) is 0.723. The van der Waals surface area contributed by atoms with Crippen LogP contribution in [0.3, 0.4) is 0 Å². The fourth-order valence-corrected chi connectivity index (χ4v) is 1.02. The molecule has 0 radical (unpaired) electrons. The molecule has 0 heterocycles. The number of hydrogen-bond acceptors (Lipinski definition) is 2. The van der Waals surface area contributed by atoms with E-state index in [-0.39, 0.29) is 12.6 Å². The van der Waals surface area contributed by atoms with Gasteiger partial charge >= 0.3 is 12.0 Å². The van der Waals surface area contributed by atoms with Crippen LogP contribution in [-0.4, -0.2) is 52.6 Å². The van der Waals surface area contributed by atoms with Crippen molar-refractivity contribution in [3.63, 3.8) is 0 Å². The summed E-state index contributed by atoms with van der Waals surface area (Å²) >= 11 is 0. The zero-order valence-corrected chi connectivity index (χ0v) is 10.1. The molecule has 2 amide bonds. The molecule has 0 aliphatic heterocycles. The average Bonchev–Trinajstić information content (AvgIpc) is 2.23. The second kappa shape index (κ2) is 5.40. The molecule has 0 spiro atoms. The lowest BCUT2D eigenvalue weighted by Crippen LogP contribution is -2.55. The minimum atomic E-state index is -1.25. The number of carbonyl (C=O) groups is 2. The van der Waals surface area contributed by atoms with E-state index in [4.69, 9.17) is 11.5 Å². The maximum Gasteiger partial charge on any atom is 0.329 e. The van der Waals surface area contributed by atoms with E-state index in [1.807, 2.05) is 0 Å². The number of amides is 2.